The van der Waals surface area contributed by atoms with Crippen molar-refractivity contribution in [2.24, 2.45) is 0 Å². The Morgan fingerprint density at radius 3 is 1.86 bits per heavy atom. The topological polar surface area (TPSA) is 54.4 Å². The molecule has 1 aliphatic carbocycles. The van der Waals surface area contributed by atoms with E-state index in [1.54, 1.807) is 28.7 Å². The number of hydrogen-bond acceptors (Lipinski definition) is 2. The van der Waals surface area contributed by atoms with E-state index in [1.165, 1.54) is 6.08 Å². The lowest BCUT2D eigenvalue weighted by atomic mass is 9.90. The van der Waals surface area contributed by atoms with Crippen LogP contribution in [0, 0.1) is 0 Å². The predicted octanol–water partition coefficient (Wildman–Crippen LogP) is 2.46. The fraction of sp³-hybridized carbons (Fsp3) is 0.400. The molecule has 0 aliphatic heterocycles. The predicted molar refractivity (Wildman–Crippen MR) is 61.3 cm³/mol. The van der Waals surface area contributed by atoms with Crippen LogP contribution in [0.15, 0.2) is 23.3 Å². The van der Waals surface area contributed by atoms with Gasteiger partial charge in [0.1, 0.15) is 0 Å². The van der Waals surface area contributed by atoms with Crippen molar-refractivity contribution in [3.05, 3.63) is 23.3 Å². The van der Waals surface area contributed by atoms with Crippen LogP contribution in [0.2, 0.25) is 0 Å². The maximum absolute atomic E-state index is 10.8. The molecule has 1 aliphatic rings. The summed E-state index contributed by atoms with van der Waals surface area (Å²) in [6, 6.07) is 0. The van der Waals surface area contributed by atoms with Crippen LogP contribution in [0.3, 0.4) is 0 Å². The van der Waals surface area contributed by atoms with Crippen LogP contribution in [0.4, 0.5) is 0 Å². The molecule has 76 valence electrons. The number of carbonyl (C=O) groups is 2. The van der Waals surface area contributed by atoms with Crippen molar-refractivity contribution in [3.63, 3.8) is 0 Å². The molecule has 3 nitrogen and oxygen atoms in total. The summed E-state index contributed by atoms with van der Waals surface area (Å²) in [5, 5.41) is 8.53. The molecule has 0 unspecified atom stereocenters. The van der Waals surface area contributed by atoms with Crippen LogP contribution >= 0.6 is 22.6 Å². The largest absolute Gasteiger partial charge is 0.478 e. The molecular weight excluding hydrogens is 295 g/mol. The average Bonchev–Trinajstić information content (AvgIpc) is 2.06. The molecule has 0 aromatic rings. The Morgan fingerprint density at radius 1 is 1.07 bits per heavy atom. The van der Waals surface area contributed by atoms with E-state index in [0.717, 1.165) is 36.8 Å². The summed E-state index contributed by atoms with van der Waals surface area (Å²) in [5.74, 6) is -0.877. The van der Waals surface area contributed by atoms with Crippen LogP contribution in [0.1, 0.15) is 25.7 Å². The fourth-order valence-electron chi connectivity index (χ4n) is 1.52. The van der Waals surface area contributed by atoms with Crippen LogP contribution < -0.4 is 0 Å². The van der Waals surface area contributed by atoms with Gasteiger partial charge in [-0.15, -0.1) is 0 Å². The van der Waals surface area contributed by atoms with Gasteiger partial charge >= 0.3 is 5.97 Å². The zero-order chi connectivity index (χ0) is 10.6. The monoisotopic (exact) mass is 306 g/mol. The van der Waals surface area contributed by atoms with Gasteiger partial charge in [-0.1, -0.05) is 11.1 Å². The highest BCUT2D eigenvalue weighted by atomic mass is 127. The van der Waals surface area contributed by atoms with Crippen molar-refractivity contribution in [1.29, 1.82) is 0 Å². The Kier molecular flexibility index (Phi) is 4.31. The molecule has 1 N–H and O–H groups in total. The summed E-state index contributed by atoms with van der Waals surface area (Å²) in [6.07, 6.45) is 6.09. The summed E-state index contributed by atoms with van der Waals surface area (Å²) in [7, 11) is 0. The normalized spacial score (nSPS) is 16.4. The van der Waals surface area contributed by atoms with Gasteiger partial charge in [0, 0.05) is 28.7 Å². The second-order valence-corrected chi connectivity index (χ2v) is 4.31. The van der Waals surface area contributed by atoms with Crippen molar-refractivity contribution in [3.8, 4) is 0 Å². The molecule has 0 saturated heterocycles. The molecule has 0 radical (unpaired) electrons. The smallest absolute Gasteiger partial charge is 0.328 e. The minimum Gasteiger partial charge on any atom is -0.478 e. The quantitative estimate of drug-likeness (QED) is 0.484. The second-order valence-electron chi connectivity index (χ2n) is 3.25. The van der Waals surface area contributed by atoms with E-state index in [9.17, 15) is 9.59 Å². The van der Waals surface area contributed by atoms with Gasteiger partial charge in [0.25, 0.3) is 0 Å². The zero-order valence-corrected chi connectivity index (χ0v) is 9.78. The summed E-state index contributed by atoms with van der Waals surface area (Å²) in [4.78, 5) is 21.2. The highest BCUT2D eigenvalue weighted by Crippen LogP contribution is 2.27. The molecule has 0 aromatic carbocycles. The van der Waals surface area contributed by atoms with Gasteiger partial charge in [-0.05, 0) is 31.8 Å². The number of hydrogen-bond donors (Lipinski definition) is 1. The lowest BCUT2D eigenvalue weighted by Gasteiger charge is -2.16. The maximum atomic E-state index is 10.8. The van der Waals surface area contributed by atoms with Gasteiger partial charge < -0.3 is 5.11 Å². The summed E-state index contributed by atoms with van der Waals surface area (Å²) in [5.41, 5.74) is 2.10. The SMILES string of the molecule is O=C(O)C=C1CCC(=CC(=O)I)CC1. The van der Waals surface area contributed by atoms with Crippen molar-refractivity contribution in [2.45, 2.75) is 25.7 Å². The molecule has 0 spiro atoms. The van der Waals surface area contributed by atoms with Gasteiger partial charge in [-0.25, -0.2) is 4.79 Å². The number of halogens is 1. The Balaban J connectivity index is 2.54. The third-order valence-electron chi connectivity index (χ3n) is 2.18. The van der Waals surface area contributed by atoms with Crippen molar-refractivity contribution >= 4 is 32.4 Å². The van der Waals surface area contributed by atoms with Gasteiger partial charge in [-0.2, -0.15) is 0 Å². The fourth-order valence-corrected chi connectivity index (χ4v) is 1.96. The standard InChI is InChI=1S/C10H11IO3/c11-9(12)5-7-1-3-8(4-2-7)6-10(13)14/h5-6H,1-4H2,(H,13,14). The van der Waals surface area contributed by atoms with Crippen molar-refractivity contribution < 1.29 is 14.7 Å². The Morgan fingerprint density at radius 2 is 1.50 bits per heavy atom. The first kappa shape index (κ1) is 11.4. The molecule has 0 atom stereocenters. The average molecular weight is 306 g/mol. The van der Waals surface area contributed by atoms with E-state index >= 15 is 0 Å². The molecule has 0 bridgehead atoms. The van der Waals surface area contributed by atoms with Crippen molar-refractivity contribution in [2.75, 3.05) is 0 Å². The highest BCUT2D eigenvalue weighted by Gasteiger charge is 2.11. The molecule has 1 saturated carbocycles. The molecule has 0 heterocycles. The third-order valence-corrected chi connectivity index (χ3v) is 2.49. The molecular formula is C10H11IO3. The molecule has 14 heavy (non-hydrogen) atoms. The first-order valence-electron chi connectivity index (χ1n) is 4.39. The van der Waals surface area contributed by atoms with Gasteiger partial charge in [0.2, 0.25) is 3.79 Å². The Bertz CT molecular complexity index is 271. The number of carboxylic acids is 1. The number of rotatable bonds is 2. The first-order chi connectivity index (χ1) is 6.58. The minimum atomic E-state index is -0.877. The number of allylic oxidation sites excluding steroid dienone is 3. The van der Waals surface area contributed by atoms with Gasteiger partial charge in [-0.3, -0.25) is 4.79 Å². The second kappa shape index (κ2) is 5.29. The van der Waals surface area contributed by atoms with E-state index in [-0.39, 0.29) is 3.79 Å². The molecule has 4 heteroatoms. The molecule has 1 fully saturated rings. The van der Waals surface area contributed by atoms with E-state index < -0.39 is 5.97 Å². The molecule has 1 rings (SSSR count). The van der Waals surface area contributed by atoms with E-state index in [1.807, 2.05) is 0 Å². The zero-order valence-electron chi connectivity index (χ0n) is 7.62. The van der Waals surface area contributed by atoms with Crippen LogP contribution in [0.5, 0.6) is 0 Å². The molecule has 0 aromatic heterocycles. The van der Waals surface area contributed by atoms with Gasteiger partial charge in [0.15, 0.2) is 0 Å². The number of carboxylic acid groups (broad SMARTS) is 1. The van der Waals surface area contributed by atoms with E-state index in [4.69, 9.17) is 5.11 Å². The van der Waals surface area contributed by atoms with E-state index in [0.29, 0.717) is 0 Å². The molecule has 0 amide bonds. The summed E-state index contributed by atoms with van der Waals surface area (Å²) >= 11 is 1.75. The first-order valence-corrected chi connectivity index (χ1v) is 5.47. The number of carbonyl (C=O) groups excluding carboxylic acids is 1. The van der Waals surface area contributed by atoms with Crippen molar-refractivity contribution in [1.82, 2.24) is 0 Å². The van der Waals surface area contributed by atoms with Crippen LogP contribution in [-0.2, 0) is 9.59 Å². The Hall–Kier alpha value is -0.650. The van der Waals surface area contributed by atoms with Crippen LogP contribution in [0.25, 0.3) is 0 Å². The number of aliphatic carboxylic acids is 1. The third kappa shape index (κ3) is 4.04. The van der Waals surface area contributed by atoms with E-state index in [2.05, 4.69) is 0 Å². The lowest BCUT2D eigenvalue weighted by Crippen LogP contribution is -2.01. The lowest BCUT2D eigenvalue weighted by molar-refractivity contribution is -0.131. The summed E-state index contributed by atoms with van der Waals surface area (Å²) in [6.45, 7) is 0. The maximum Gasteiger partial charge on any atom is 0.328 e. The minimum absolute atomic E-state index is 0.0447. The van der Waals surface area contributed by atoms with Crippen LogP contribution in [-0.4, -0.2) is 14.9 Å². The summed E-state index contributed by atoms with van der Waals surface area (Å²) < 4.78 is 0.0447. The Labute approximate surface area is 96.0 Å². The highest BCUT2D eigenvalue weighted by molar-refractivity contribution is 14.1. The van der Waals surface area contributed by atoms with Gasteiger partial charge in [0.05, 0.1) is 0 Å².